The molecule has 2 N–H and O–H groups in total. The van der Waals surface area contributed by atoms with E-state index in [1.807, 2.05) is 27.7 Å². The highest BCUT2D eigenvalue weighted by Gasteiger charge is 2.20. The molecule has 0 saturated carbocycles. The van der Waals surface area contributed by atoms with E-state index in [4.69, 9.17) is 9.84 Å². The zero-order valence-corrected chi connectivity index (χ0v) is 13.8. The van der Waals surface area contributed by atoms with E-state index < -0.39 is 11.9 Å². The first kappa shape index (κ1) is 18.0. The molecular formula is C15H25N3O4. The van der Waals surface area contributed by atoms with Gasteiger partial charge in [0.1, 0.15) is 5.69 Å². The molecular weight excluding hydrogens is 286 g/mol. The van der Waals surface area contributed by atoms with Gasteiger partial charge in [-0.2, -0.15) is 5.10 Å². The topological polar surface area (TPSA) is 93.5 Å². The Labute approximate surface area is 130 Å². The number of hydrogen-bond donors (Lipinski definition) is 2. The molecule has 7 nitrogen and oxygen atoms in total. The van der Waals surface area contributed by atoms with Gasteiger partial charge in [-0.1, -0.05) is 13.8 Å². The number of ether oxygens (including phenoxy) is 1. The summed E-state index contributed by atoms with van der Waals surface area (Å²) in [5.74, 6) is -0.957. The van der Waals surface area contributed by atoms with Crippen molar-refractivity contribution in [3.8, 4) is 5.75 Å². The Morgan fingerprint density at radius 2 is 2.00 bits per heavy atom. The molecule has 0 radical (unpaired) electrons. The number of aliphatic carboxylic acids is 1. The number of aryl methyl sites for hydroxylation is 2. The van der Waals surface area contributed by atoms with Crippen molar-refractivity contribution in [2.75, 3.05) is 13.2 Å². The molecule has 1 aromatic heterocycles. The van der Waals surface area contributed by atoms with Crippen LogP contribution in [0.1, 0.15) is 31.7 Å². The largest absolute Gasteiger partial charge is 0.481 e. The summed E-state index contributed by atoms with van der Waals surface area (Å²) in [7, 11) is 1.80. The molecule has 0 saturated heterocycles. The first-order valence-corrected chi connectivity index (χ1v) is 7.34. The molecule has 22 heavy (non-hydrogen) atoms. The van der Waals surface area contributed by atoms with Crippen LogP contribution < -0.4 is 10.1 Å². The van der Waals surface area contributed by atoms with Gasteiger partial charge in [0.05, 0.1) is 11.6 Å². The lowest BCUT2D eigenvalue weighted by molar-refractivity contribution is -0.142. The molecule has 1 aromatic rings. The molecule has 0 aliphatic carbocycles. The monoisotopic (exact) mass is 311 g/mol. The molecule has 0 aliphatic rings. The molecule has 124 valence electrons. The van der Waals surface area contributed by atoms with Crippen molar-refractivity contribution < 1.29 is 19.4 Å². The van der Waals surface area contributed by atoms with Crippen molar-refractivity contribution in [3.63, 3.8) is 0 Å². The van der Waals surface area contributed by atoms with Gasteiger partial charge in [0.25, 0.3) is 5.91 Å². The molecule has 1 atom stereocenters. The number of hydrogen-bond acceptors (Lipinski definition) is 4. The minimum atomic E-state index is -0.895. The van der Waals surface area contributed by atoms with Crippen LogP contribution in [0.25, 0.3) is 0 Å². The minimum Gasteiger partial charge on any atom is -0.481 e. The van der Waals surface area contributed by atoms with Crippen LogP contribution in [0, 0.1) is 25.7 Å². The lowest BCUT2D eigenvalue weighted by Crippen LogP contribution is -2.36. The summed E-state index contributed by atoms with van der Waals surface area (Å²) in [5, 5.41) is 15.9. The van der Waals surface area contributed by atoms with Crippen molar-refractivity contribution in [2.24, 2.45) is 18.9 Å². The van der Waals surface area contributed by atoms with E-state index >= 15 is 0 Å². The van der Waals surface area contributed by atoms with E-state index in [9.17, 15) is 9.59 Å². The summed E-state index contributed by atoms with van der Waals surface area (Å²) < 4.78 is 7.17. The van der Waals surface area contributed by atoms with Gasteiger partial charge < -0.3 is 15.2 Å². The maximum Gasteiger partial charge on any atom is 0.308 e. The van der Waals surface area contributed by atoms with E-state index in [1.54, 1.807) is 11.7 Å². The molecule has 0 bridgehead atoms. The highest BCUT2D eigenvalue weighted by Crippen LogP contribution is 2.21. The van der Waals surface area contributed by atoms with Gasteiger partial charge in [-0.25, -0.2) is 0 Å². The van der Waals surface area contributed by atoms with E-state index in [2.05, 4.69) is 10.4 Å². The van der Waals surface area contributed by atoms with E-state index in [0.29, 0.717) is 12.2 Å². The normalized spacial score (nSPS) is 12.3. The van der Waals surface area contributed by atoms with Crippen molar-refractivity contribution >= 4 is 11.9 Å². The van der Waals surface area contributed by atoms with Crippen LogP contribution in [0.4, 0.5) is 0 Å². The van der Waals surface area contributed by atoms with Gasteiger partial charge in [-0.3, -0.25) is 14.3 Å². The van der Waals surface area contributed by atoms with Crippen molar-refractivity contribution in [3.05, 3.63) is 11.4 Å². The number of amides is 1. The number of carbonyl (C=O) groups is 2. The predicted molar refractivity (Wildman–Crippen MR) is 81.8 cm³/mol. The van der Waals surface area contributed by atoms with Gasteiger partial charge in [0.2, 0.25) is 0 Å². The highest BCUT2D eigenvalue weighted by atomic mass is 16.5. The average Bonchev–Trinajstić information content (AvgIpc) is 2.65. The Morgan fingerprint density at radius 1 is 1.36 bits per heavy atom. The zero-order valence-electron chi connectivity index (χ0n) is 13.8. The Bertz CT molecular complexity index is 537. The third kappa shape index (κ3) is 5.05. The van der Waals surface area contributed by atoms with E-state index in [0.717, 1.165) is 11.4 Å². The number of carbonyl (C=O) groups excluding carboxylic acids is 1. The van der Waals surface area contributed by atoms with E-state index in [-0.39, 0.29) is 25.0 Å². The van der Waals surface area contributed by atoms with Gasteiger partial charge in [-0.15, -0.1) is 0 Å². The van der Waals surface area contributed by atoms with Crippen LogP contribution in [0.3, 0.4) is 0 Å². The van der Waals surface area contributed by atoms with Gasteiger partial charge in [0, 0.05) is 13.6 Å². The fourth-order valence-electron chi connectivity index (χ4n) is 2.23. The third-order valence-electron chi connectivity index (χ3n) is 3.44. The fraction of sp³-hybridized carbons (Fsp3) is 0.667. The SMILES string of the molecule is Cc1nn(C)c(C)c1OCC(=O)NCC(CC(C)C)C(=O)O. The first-order valence-electron chi connectivity index (χ1n) is 7.34. The first-order chi connectivity index (χ1) is 10.2. The third-order valence-corrected chi connectivity index (χ3v) is 3.44. The van der Waals surface area contributed by atoms with Crippen molar-refractivity contribution in [2.45, 2.75) is 34.1 Å². The maximum atomic E-state index is 11.8. The molecule has 1 amide bonds. The Hall–Kier alpha value is -2.05. The molecule has 1 unspecified atom stereocenters. The van der Waals surface area contributed by atoms with Crippen LogP contribution in [-0.2, 0) is 16.6 Å². The summed E-state index contributed by atoms with van der Waals surface area (Å²) >= 11 is 0. The number of nitrogens with zero attached hydrogens (tertiary/aromatic N) is 2. The number of carboxylic acid groups (broad SMARTS) is 1. The summed E-state index contributed by atoms with van der Waals surface area (Å²) in [6, 6.07) is 0. The maximum absolute atomic E-state index is 11.8. The summed E-state index contributed by atoms with van der Waals surface area (Å²) in [6.07, 6.45) is 0.525. The Balaban J connectivity index is 2.47. The summed E-state index contributed by atoms with van der Waals surface area (Å²) in [6.45, 7) is 7.53. The van der Waals surface area contributed by atoms with Crippen molar-refractivity contribution in [1.29, 1.82) is 0 Å². The predicted octanol–water partition coefficient (Wildman–Crippen LogP) is 1.28. The molecule has 0 fully saturated rings. The second-order valence-electron chi connectivity index (χ2n) is 5.88. The quantitative estimate of drug-likeness (QED) is 0.754. The molecule has 0 spiro atoms. The second-order valence-corrected chi connectivity index (χ2v) is 5.88. The van der Waals surface area contributed by atoms with Gasteiger partial charge in [0.15, 0.2) is 12.4 Å². The molecule has 1 rings (SSSR count). The zero-order chi connectivity index (χ0) is 16.9. The van der Waals surface area contributed by atoms with Crippen LogP contribution in [0.2, 0.25) is 0 Å². The molecule has 0 aliphatic heterocycles. The van der Waals surface area contributed by atoms with Crippen LogP contribution in [0.15, 0.2) is 0 Å². The van der Waals surface area contributed by atoms with Gasteiger partial charge in [-0.05, 0) is 26.2 Å². The van der Waals surface area contributed by atoms with Crippen LogP contribution in [-0.4, -0.2) is 39.9 Å². The summed E-state index contributed by atoms with van der Waals surface area (Å²) in [4.78, 5) is 22.9. The lowest BCUT2D eigenvalue weighted by atomic mass is 9.97. The van der Waals surface area contributed by atoms with Crippen LogP contribution >= 0.6 is 0 Å². The Kier molecular flexibility index (Phi) is 6.39. The molecule has 7 heteroatoms. The molecule has 0 aromatic carbocycles. The van der Waals surface area contributed by atoms with Crippen molar-refractivity contribution in [1.82, 2.24) is 15.1 Å². The average molecular weight is 311 g/mol. The van der Waals surface area contributed by atoms with Crippen LogP contribution in [0.5, 0.6) is 5.75 Å². The molecule has 1 heterocycles. The smallest absolute Gasteiger partial charge is 0.308 e. The van der Waals surface area contributed by atoms with E-state index in [1.165, 1.54) is 0 Å². The number of aromatic nitrogens is 2. The Morgan fingerprint density at radius 3 is 2.45 bits per heavy atom. The summed E-state index contributed by atoms with van der Waals surface area (Å²) in [5.41, 5.74) is 1.56. The minimum absolute atomic E-state index is 0.112. The van der Waals surface area contributed by atoms with Gasteiger partial charge >= 0.3 is 5.97 Å². The number of nitrogens with one attached hydrogen (secondary N) is 1. The number of carboxylic acids is 1. The highest BCUT2D eigenvalue weighted by molar-refractivity contribution is 5.78. The fourth-order valence-corrected chi connectivity index (χ4v) is 2.23. The number of rotatable bonds is 8. The second kappa shape index (κ2) is 7.82. The standard InChI is InChI=1S/C15H25N3O4/c1-9(2)6-12(15(20)21)7-16-13(19)8-22-14-10(3)17-18(5)11(14)4/h9,12H,6-8H2,1-5H3,(H,16,19)(H,20,21). The lowest BCUT2D eigenvalue weighted by Gasteiger charge is -2.15.